The molecule has 2 aliphatic rings. The zero-order valence-corrected chi connectivity index (χ0v) is 12.9. The van der Waals surface area contributed by atoms with E-state index in [0.717, 1.165) is 31.8 Å². The lowest BCUT2D eigenvalue weighted by molar-refractivity contribution is 0.0888. The van der Waals surface area contributed by atoms with Gasteiger partial charge in [0.05, 0.1) is 18.0 Å². The van der Waals surface area contributed by atoms with Crippen LogP contribution in [0.2, 0.25) is 0 Å². The fraction of sp³-hybridized carbons (Fsp3) is 0.529. The molecule has 0 bridgehead atoms. The summed E-state index contributed by atoms with van der Waals surface area (Å²) < 4.78 is 2.22. The lowest BCUT2D eigenvalue weighted by Crippen LogP contribution is -2.53. The number of imidazole rings is 1. The standard InChI is InChI=1S/C17H21N5/c1-13-3-2-4-17-19-10-16(22(13)17)12-20-7-8-21(14-5-6-14)15(9-18)11-20/h2-4,10,14-15H,5-8,11-12H2,1H3. The molecule has 2 aromatic heterocycles. The Bertz CT molecular complexity index is 724. The van der Waals surface area contributed by atoms with Crippen LogP contribution in [0.15, 0.2) is 24.4 Å². The van der Waals surface area contributed by atoms with Crippen molar-refractivity contribution in [1.82, 2.24) is 19.2 Å². The number of nitrogens with zero attached hydrogens (tertiary/aromatic N) is 5. The summed E-state index contributed by atoms with van der Waals surface area (Å²) in [6.07, 6.45) is 4.51. The lowest BCUT2D eigenvalue weighted by atomic mass is 10.1. The Labute approximate surface area is 130 Å². The van der Waals surface area contributed by atoms with E-state index in [1.807, 2.05) is 18.3 Å². The molecule has 2 fully saturated rings. The number of nitriles is 1. The van der Waals surface area contributed by atoms with Crippen LogP contribution in [0, 0.1) is 18.3 Å². The first-order chi connectivity index (χ1) is 10.8. The number of pyridine rings is 1. The summed E-state index contributed by atoms with van der Waals surface area (Å²) in [5.41, 5.74) is 3.42. The number of aromatic nitrogens is 2. The van der Waals surface area contributed by atoms with Crippen LogP contribution in [-0.2, 0) is 6.54 Å². The Morgan fingerprint density at radius 2 is 2.18 bits per heavy atom. The van der Waals surface area contributed by atoms with Crippen LogP contribution in [0.25, 0.3) is 5.65 Å². The van der Waals surface area contributed by atoms with Gasteiger partial charge in [-0.2, -0.15) is 5.26 Å². The molecule has 0 aromatic carbocycles. The maximum absolute atomic E-state index is 9.46. The number of fused-ring (bicyclic) bond motifs is 1. The van der Waals surface area contributed by atoms with Gasteiger partial charge in [0.2, 0.25) is 0 Å². The van der Waals surface area contributed by atoms with Crippen molar-refractivity contribution in [3.8, 4) is 6.07 Å². The zero-order valence-electron chi connectivity index (χ0n) is 12.9. The molecule has 2 aromatic rings. The van der Waals surface area contributed by atoms with Gasteiger partial charge in [0.15, 0.2) is 0 Å². The summed E-state index contributed by atoms with van der Waals surface area (Å²) >= 11 is 0. The average molecular weight is 295 g/mol. The molecule has 1 saturated heterocycles. The van der Waals surface area contributed by atoms with E-state index < -0.39 is 0 Å². The molecule has 114 valence electrons. The molecule has 4 rings (SSSR count). The monoisotopic (exact) mass is 295 g/mol. The van der Waals surface area contributed by atoms with Crippen molar-refractivity contribution in [1.29, 1.82) is 5.26 Å². The molecule has 0 amide bonds. The zero-order chi connectivity index (χ0) is 15.1. The molecule has 1 aliphatic carbocycles. The van der Waals surface area contributed by atoms with E-state index in [-0.39, 0.29) is 6.04 Å². The number of hydrogen-bond donors (Lipinski definition) is 0. The molecule has 1 saturated carbocycles. The summed E-state index contributed by atoms with van der Waals surface area (Å²) in [4.78, 5) is 9.29. The van der Waals surface area contributed by atoms with Crippen molar-refractivity contribution in [3.05, 3.63) is 35.8 Å². The summed E-state index contributed by atoms with van der Waals surface area (Å²) in [6.45, 7) is 5.86. The maximum Gasteiger partial charge on any atom is 0.137 e. The van der Waals surface area contributed by atoms with Gasteiger partial charge < -0.3 is 4.40 Å². The summed E-state index contributed by atoms with van der Waals surface area (Å²) in [5, 5.41) is 9.46. The second-order valence-corrected chi connectivity index (χ2v) is 6.46. The highest BCUT2D eigenvalue weighted by Gasteiger charge is 2.37. The van der Waals surface area contributed by atoms with Gasteiger partial charge in [0.25, 0.3) is 0 Å². The average Bonchev–Trinajstić information content (AvgIpc) is 3.29. The number of hydrogen-bond acceptors (Lipinski definition) is 4. The van der Waals surface area contributed by atoms with Gasteiger partial charge in [-0.05, 0) is 31.9 Å². The van der Waals surface area contributed by atoms with Crippen LogP contribution in [-0.4, -0.2) is 50.9 Å². The number of piperazine rings is 1. The molecule has 3 heterocycles. The van der Waals surface area contributed by atoms with E-state index in [2.05, 4.69) is 38.2 Å². The normalized spacial score (nSPS) is 23.7. The number of rotatable bonds is 3. The minimum Gasteiger partial charge on any atom is -0.300 e. The third kappa shape index (κ3) is 2.39. The molecule has 1 unspecified atom stereocenters. The van der Waals surface area contributed by atoms with Gasteiger partial charge >= 0.3 is 0 Å². The third-order valence-corrected chi connectivity index (χ3v) is 4.85. The molecule has 1 atom stereocenters. The molecule has 0 spiro atoms. The van der Waals surface area contributed by atoms with Crippen LogP contribution in [0.1, 0.15) is 24.2 Å². The van der Waals surface area contributed by atoms with Gasteiger partial charge in [0.1, 0.15) is 11.7 Å². The van der Waals surface area contributed by atoms with Crippen molar-refractivity contribution in [2.45, 2.75) is 38.4 Å². The van der Waals surface area contributed by atoms with Gasteiger partial charge in [-0.15, -0.1) is 0 Å². The molecule has 0 radical (unpaired) electrons. The summed E-state index contributed by atoms with van der Waals surface area (Å²) in [7, 11) is 0. The molecule has 22 heavy (non-hydrogen) atoms. The molecule has 0 N–H and O–H groups in total. The van der Waals surface area contributed by atoms with E-state index in [1.54, 1.807) is 0 Å². The first-order valence-electron chi connectivity index (χ1n) is 8.06. The molecular formula is C17H21N5. The fourth-order valence-electron chi connectivity index (χ4n) is 3.57. The molecule has 5 nitrogen and oxygen atoms in total. The van der Waals surface area contributed by atoms with E-state index in [1.165, 1.54) is 24.2 Å². The Morgan fingerprint density at radius 1 is 1.32 bits per heavy atom. The summed E-state index contributed by atoms with van der Waals surface area (Å²) in [5.74, 6) is 0. The Morgan fingerprint density at radius 3 is 2.95 bits per heavy atom. The molecular weight excluding hydrogens is 274 g/mol. The van der Waals surface area contributed by atoms with Gasteiger partial charge in [-0.25, -0.2) is 4.98 Å². The second-order valence-electron chi connectivity index (χ2n) is 6.46. The predicted octanol–water partition coefficient (Wildman–Crippen LogP) is 1.81. The van der Waals surface area contributed by atoms with E-state index in [0.29, 0.717) is 6.04 Å². The first kappa shape index (κ1) is 13.7. The third-order valence-electron chi connectivity index (χ3n) is 4.85. The smallest absolute Gasteiger partial charge is 0.137 e. The Hall–Kier alpha value is -1.90. The minimum absolute atomic E-state index is 0.0431. The quantitative estimate of drug-likeness (QED) is 0.866. The van der Waals surface area contributed by atoms with Crippen molar-refractivity contribution in [2.75, 3.05) is 19.6 Å². The van der Waals surface area contributed by atoms with Gasteiger partial charge in [-0.1, -0.05) is 6.07 Å². The van der Waals surface area contributed by atoms with Crippen LogP contribution in [0.4, 0.5) is 0 Å². The number of aryl methyl sites for hydroxylation is 1. The van der Waals surface area contributed by atoms with E-state index in [4.69, 9.17) is 0 Å². The van der Waals surface area contributed by atoms with Crippen LogP contribution < -0.4 is 0 Å². The minimum atomic E-state index is 0.0431. The highest BCUT2D eigenvalue weighted by molar-refractivity contribution is 5.42. The Kier molecular flexibility index (Phi) is 3.36. The fourth-order valence-corrected chi connectivity index (χ4v) is 3.57. The lowest BCUT2D eigenvalue weighted by Gasteiger charge is -2.38. The van der Waals surface area contributed by atoms with Crippen molar-refractivity contribution >= 4 is 5.65 Å². The SMILES string of the molecule is Cc1cccc2ncc(CN3CCN(C4CC4)C(C#N)C3)n12. The molecule has 5 heteroatoms. The Balaban J connectivity index is 1.52. The first-order valence-corrected chi connectivity index (χ1v) is 8.06. The van der Waals surface area contributed by atoms with Crippen molar-refractivity contribution in [3.63, 3.8) is 0 Å². The summed E-state index contributed by atoms with van der Waals surface area (Å²) in [6, 6.07) is 9.41. The molecule has 1 aliphatic heterocycles. The van der Waals surface area contributed by atoms with E-state index in [9.17, 15) is 5.26 Å². The van der Waals surface area contributed by atoms with Crippen LogP contribution in [0.3, 0.4) is 0 Å². The largest absolute Gasteiger partial charge is 0.300 e. The van der Waals surface area contributed by atoms with Crippen molar-refractivity contribution < 1.29 is 0 Å². The second kappa shape index (κ2) is 5.38. The van der Waals surface area contributed by atoms with Crippen molar-refractivity contribution in [2.24, 2.45) is 0 Å². The van der Waals surface area contributed by atoms with Gasteiger partial charge in [-0.3, -0.25) is 9.80 Å². The van der Waals surface area contributed by atoms with Crippen LogP contribution >= 0.6 is 0 Å². The predicted molar refractivity (Wildman–Crippen MR) is 84.3 cm³/mol. The van der Waals surface area contributed by atoms with Crippen LogP contribution in [0.5, 0.6) is 0 Å². The highest BCUT2D eigenvalue weighted by atomic mass is 15.3. The topological polar surface area (TPSA) is 47.6 Å². The maximum atomic E-state index is 9.46. The van der Waals surface area contributed by atoms with E-state index >= 15 is 0 Å². The highest BCUT2D eigenvalue weighted by Crippen LogP contribution is 2.30. The van der Waals surface area contributed by atoms with Gasteiger partial charge in [0, 0.05) is 37.9 Å².